The lowest BCUT2D eigenvalue weighted by atomic mass is 10.0. The van der Waals surface area contributed by atoms with Crippen molar-refractivity contribution >= 4 is 27.8 Å². The van der Waals surface area contributed by atoms with Gasteiger partial charge in [0.2, 0.25) is 0 Å². The van der Waals surface area contributed by atoms with Crippen LogP contribution in [0.4, 0.5) is 4.79 Å². The first-order valence-corrected chi connectivity index (χ1v) is 8.12. The molecule has 1 N–H and O–H groups in total. The van der Waals surface area contributed by atoms with Crippen LogP contribution in [0.3, 0.4) is 0 Å². The maximum absolute atomic E-state index is 12.1. The average molecular weight is 322 g/mol. The molecule has 1 unspecified atom stereocenters. The Hall–Kier alpha value is -2.62. The highest BCUT2D eigenvalue weighted by Crippen LogP contribution is 2.29. The van der Waals surface area contributed by atoms with Crippen molar-refractivity contribution in [3.05, 3.63) is 54.2 Å². The van der Waals surface area contributed by atoms with E-state index >= 15 is 0 Å². The third-order valence-corrected chi connectivity index (χ3v) is 3.78. The molecular formula is C20H22N2O2. The topological polar surface area (TPSA) is 51.2 Å². The molecule has 0 bridgehead atoms. The summed E-state index contributed by atoms with van der Waals surface area (Å²) in [5.74, 6) is 0. The maximum Gasteiger partial charge on any atom is 0.408 e. The predicted octanol–water partition coefficient (Wildman–Crippen LogP) is 4.97. The van der Waals surface area contributed by atoms with E-state index in [9.17, 15) is 4.79 Å². The molecule has 0 aliphatic rings. The minimum Gasteiger partial charge on any atom is -0.444 e. The zero-order valence-corrected chi connectivity index (χ0v) is 14.5. The maximum atomic E-state index is 12.1. The van der Waals surface area contributed by atoms with Gasteiger partial charge in [-0.3, -0.25) is 0 Å². The molecule has 0 spiro atoms. The van der Waals surface area contributed by atoms with E-state index in [0.29, 0.717) is 0 Å². The number of fused-ring (bicyclic) bond motifs is 3. The van der Waals surface area contributed by atoms with Gasteiger partial charge in [0, 0.05) is 10.8 Å². The number of nitrogens with zero attached hydrogens (tertiary/aromatic N) is 1. The molecule has 0 fully saturated rings. The third kappa shape index (κ3) is 3.32. The fourth-order valence-corrected chi connectivity index (χ4v) is 2.81. The van der Waals surface area contributed by atoms with Crippen LogP contribution in [0.2, 0.25) is 0 Å². The highest BCUT2D eigenvalue weighted by atomic mass is 16.6. The van der Waals surface area contributed by atoms with Crippen LogP contribution in [0, 0.1) is 0 Å². The SMILES string of the molecule is CC(NC(=O)OC(C)(C)C)c1nc2ccccc2c2ccccc12. The van der Waals surface area contributed by atoms with Crippen molar-refractivity contribution in [2.45, 2.75) is 39.3 Å². The number of aromatic nitrogens is 1. The lowest BCUT2D eigenvalue weighted by Gasteiger charge is -2.22. The number of benzene rings is 2. The fraction of sp³-hybridized carbons (Fsp3) is 0.300. The van der Waals surface area contributed by atoms with Gasteiger partial charge >= 0.3 is 6.09 Å². The van der Waals surface area contributed by atoms with Gasteiger partial charge in [-0.1, -0.05) is 42.5 Å². The molecule has 124 valence electrons. The molecule has 4 nitrogen and oxygen atoms in total. The molecule has 0 aliphatic carbocycles. The Balaban J connectivity index is 2.03. The van der Waals surface area contributed by atoms with Gasteiger partial charge in [-0.05, 0) is 39.1 Å². The summed E-state index contributed by atoms with van der Waals surface area (Å²) in [7, 11) is 0. The van der Waals surface area contributed by atoms with Gasteiger partial charge in [-0.15, -0.1) is 0 Å². The summed E-state index contributed by atoms with van der Waals surface area (Å²) in [5.41, 5.74) is 1.24. The number of alkyl carbamates (subject to hydrolysis) is 1. The summed E-state index contributed by atoms with van der Waals surface area (Å²) in [5, 5.41) is 6.17. The second-order valence-corrected chi connectivity index (χ2v) is 6.93. The van der Waals surface area contributed by atoms with E-state index in [0.717, 1.165) is 27.4 Å². The number of hydrogen-bond acceptors (Lipinski definition) is 3. The van der Waals surface area contributed by atoms with Crippen LogP contribution < -0.4 is 5.32 Å². The summed E-state index contributed by atoms with van der Waals surface area (Å²) >= 11 is 0. The average Bonchev–Trinajstić information content (AvgIpc) is 2.52. The van der Waals surface area contributed by atoms with Crippen molar-refractivity contribution in [1.29, 1.82) is 0 Å². The lowest BCUT2D eigenvalue weighted by Crippen LogP contribution is -2.34. The van der Waals surface area contributed by atoms with Gasteiger partial charge in [0.05, 0.1) is 17.3 Å². The molecule has 1 amide bonds. The number of ether oxygens (including phenoxy) is 1. The molecule has 0 aliphatic heterocycles. The van der Waals surface area contributed by atoms with Crippen LogP contribution in [0.5, 0.6) is 0 Å². The Morgan fingerprint density at radius 3 is 2.25 bits per heavy atom. The number of carbonyl (C=O) groups is 1. The predicted molar refractivity (Wildman–Crippen MR) is 97.0 cm³/mol. The van der Waals surface area contributed by atoms with E-state index in [1.165, 1.54) is 0 Å². The third-order valence-electron chi connectivity index (χ3n) is 3.78. The standard InChI is InChI=1S/C20H22N2O2/c1-13(21-19(23)24-20(2,3)4)18-16-11-6-5-9-14(16)15-10-7-8-12-17(15)22-18/h5-13H,1-4H3,(H,21,23). The van der Waals surface area contributed by atoms with Crippen molar-refractivity contribution in [1.82, 2.24) is 10.3 Å². The first-order chi connectivity index (χ1) is 11.3. The molecular weight excluding hydrogens is 300 g/mol. The Kier molecular flexibility index (Phi) is 4.14. The number of nitrogens with one attached hydrogen (secondary N) is 1. The molecule has 1 aromatic heterocycles. The van der Waals surface area contributed by atoms with Gasteiger partial charge in [0.15, 0.2) is 0 Å². The zero-order chi connectivity index (χ0) is 17.3. The Bertz CT molecular complexity index is 897. The van der Waals surface area contributed by atoms with E-state index in [1.807, 2.05) is 64.1 Å². The highest BCUT2D eigenvalue weighted by molar-refractivity contribution is 6.06. The van der Waals surface area contributed by atoms with Crippen LogP contribution >= 0.6 is 0 Å². The minimum absolute atomic E-state index is 0.255. The number of amides is 1. The molecule has 0 radical (unpaired) electrons. The number of pyridine rings is 1. The summed E-state index contributed by atoms with van der Waals surface area (Å²) in [6.07, 6.45) is -0.436. The van der Waals surface area contributed by atoms with E-state index in [4.69, 9.17) is 9.72 Å². The lowest BCUT2D eigenvalue weighted by molar-refractivity contribution is 0.0507. The van der Waals surface area contributed by atoms with Crippen LogP contribution in [0.15, 0.2) is 48.5 Å². The van der Waals surface area contributed by atoms with E-state index in [2.05, 4.69) is 17.4 Å². The Morgan fingerprint density at radius 2 is 1.58 bits per heavy atom. The van der Waals surface area contributed by atoms with Gasteiger partial charge in [-0.25, -0.2) is 9.78 Å². The highest BCUT2D eigenvalue weighted by Gasteiger charge is 2.20. The van der Waals surface area contributed by atoms with Crippen molar-refractivity contribution < 1.29 is 9.53 Å². The number of carbonyl (C=O) groups excluding carboxylic acids is 1. The van der Waals surface area contributed by atoms with Crippen molar-refractivity contribution in [2.24, 2.45) is 0 Å². The van der Waals surface area contributed by atoms with Crippen molar-refractivity contribution in [3.63, 3.8) is 0 Å². The molecule has 1 heterocycles. The number of hydrogen-bond donors (Lipinski definition) is 1. The molecule has 24 heavy (non-hydrogen) atoms. The first kappa shape index (κ1) is 16.2. The normalized spacial score (nSPS) is 13.0. The number of rotatable bonds is 2. The second-order valence-electron chi connectivity index (χ2n) is 6.93. The van der Waals surface area contributed by atoms with Crippen molar-refractivity contribution in [3.8, 4) is 0 Å². The van der Waals surface area contributed by atoms with Crippen LogP contribution in [0.1, 0.15) is 39.4 Å². The quantitative estimate of drug-likeness (QED) is 0.677. The van der Waals surface area contributed by atoms with Gasteiger partial charge in [0.25, 0.3) is 0 Å². The Labute approximate surface area is 141 Å². The molecule has 1 atom stereocenters. The molecule has 2 aromatic carbocycles. The second kappa shape index (κ2) is 6.11. The van der Waals surface area contributed by atoms with Crippen LogP contribution in [-0.4, -0.2) is 16.7 Å². The molecule has 4 heteroatoms. The molecule has 3 rings (SSSR count). The summed E-state index contributed by atoms with van der Waals surface area (Å²) in [4.78, 5) is 16.9. The molecule has 0 saturated heterocycles. The van der Waals surface area contributed by atoms with Crippen LogP contribution in [-0.2, 0) is 4.74 Å². The fourth-order valence-electron chi connectivity index (χ4n) is 2.81. The summed E-state index contributed by atoms with van der Waals surface area (Å²) < 4.78 is 5.35. The van der Waals surface area contributed by atoms with E-state index in [-0.39, 0.29) is 6.04 Å². The minimum atomic E-state index is -0.525. The summed E-state index contributed by atoms with van der Waals surface area (Å²) in [6.45, 7) is 7.47. The Morgan fingerprint density at radius 1 is 1.00 bits per heavy atom. The van der Waals surface area contributed by atoms with Gasteiger partial charge in [-0.2, -0.15) is 0 Å². The molecule has 0 saturated carbocycles. The van der Waals surface area contributed by atoms with Crippen molar-refractivity contribution in [2.75, 3.05) is 0 Å². The largest absolute Gasteiger partial charge is 0.444 e. The van der Waals surface area contributed by atoms with Gasteiger partial charge in [0.1, 0.15) is 5.60 Å². The van der Waals surface area contributed by atoms with E-state index < -0.39 is 11.7 Å². The van der Waals surface area contributed by atoms with Crippen LogP contribution in [0.25, 0.3) is 21.7 Å². The first-order valence-electron chi connectivity index (χ1n) is 8.12. The number of para-hydroxylation sites is 1. The van der Waals surface area contributed by atoms with Gasteiger partial charge < -0.3 is 10.1 Å². The molecule has 3 aromatic rings. The zero-order valence-electron chi connectivity index (χ0n) is 14.5. The monoisotopic (exact) mass is 322 g/mol. The smallest absolute Gasteiger partial charge is 0.408 e. The van der Waals surface area contributed by atoms with E-state index in [1.54, 1.807) is 0 Å². The summed E-state index contributed by atoms with van der Waals surface area (Å²) in [6, 6.07) is 15.9.